The zero-order valence-electron chi connectivity index (χ0n) is 10.2. The second-order valence-corrected chi connectivity index (χ2v) is 5.84. The van der Waals surface area contributed by atoms with Gasteiger partial charge in [-0.05, 0) is 25.2 Å². The lowest BCUT2D eigenvalue weighted by Gasteiger charge is -2.15. The van der Waals surface area contributed by atoms with Gasteiger partial charge in [0.25, 0.3) is 0 Å². The minimum atomic E-state index is 0.248. The molecule has 0 amide bonds. The summed E-state index contributed by atoms with van der Waals surface area (Å²) in [5.41, 5.74) is 0.957. The molecule has 1 saturated carbocycles. The summed E-state index contributed by atoms with van der Waals surface area (Å²) in [6.45, 7) is 1.45. The van der Waals surface area contributed by atoms with Crippen molar-refractivity contribution >= 4 is 23.2 Å². The highest BCUT2D eigenvalue weighted by molar-refractivity contribution is 6.34. The molecule has 2 heterocycles. The van der Waals surface area contributed by atoms with Crippen molar-refractivity contribution in [3.8, 4) is 0 Å². The maximum absolute atomic E-state index is 6.32. The Morgan fingerprint density at radius 1 is 0.944 bits per heavy atom. The second kappa shape index (κ2) is 5.32. The van der Waals surface area contributed by atoms with E-state index in [2.05, 4.69) is 9.97 Å². The predicted molar refractivity (Wildman–Crippen MR) is 71.4 cm³/mol. The monoisotopic (exact) mass is 286 g/mol. The van der Waals surface area contributed by atoms with Crippen LogP contribution in [0.25, 0.3) is 0 Å². The van der Waals surface area contributed by atoms with Gasteiger partial charge in [0.05, 0.1) is 6.61 Å². The first kappa shape index (κ1) is 12.6. The molecule has 98 valence electrons. The molecule has 1 aromatic heterocycles. The van der Waals surface area contributed by atoms with Gasteiger partial charge in [-0.3, -0.25) is 0 Å². The third kappa shape index (κ3) is 2.36. The quantitative estimate of drug-likeness (QED) is 0.773. The third-order valence-corrected chi connectivity index (χ3v) is 4.50. The van der Waals surface area contributed by atoms with Gasteiger partial charge in [-0.25, -0.2) is 9.97 Å². The van der Waals surface area contributed by atoms with Crippen molar-refractivity contribution in [1.82, 2.24) is 9.97 Å². The largest absolute Gasteiger partial charge is 0.381 e. The predicted octanol–water partition coefficient (Wildman–Crippen LogP) is 3.94. The van der Waals surface area contributed by atoms with E-state index in [4.69, 9.17) is 27.9 Å². The van der Waals surface area contributed by atoms with Crippen LogP contribution in [0.1, 0.15) is 55.3 Å². The van der Waals surface area contributed by atoms with Crippen LogP contribution in [-0.4, -0.2) is 23.2 Å². The molecule has 1 aliphatic carbocycles. The Hall–Kier alpha value is -0.380. The number of aromatic nitrogens is 2. The highest BCUT2D eigenvalue weighted by atomic mass is 35.5. The van der Waals surface area contributed by atoms with Crippen molar-refractivity contribution < 1.29 is 4.74 Å². The van der Waals surface area contributed by atoms with Crippen molar-refractivity contribution in [2.24, 2.45) is 0 Å². The van der Waals surface area contributed by atoms with Crippen LogP contribution in [0.4, 0.5) is 0 Å². The summed E-state index contributed by atoms with van der Waals surface area (Å²) >= 11 is 12.6. The van der Waals surface area contributed by atoms with Crippen molar-refractivity contribution in [3.05, 3.63) is 21.7 Å². The number of halogens is 2. The maximum atomic E-state index is 6.32. The minimum absolute atomic E-state index is 0.248. The SMILES string of the molecule is Clc1nc(C2CCOC2)nc(Cl)c1C1CCCC1. The number of rotatable bonds is 2. The Morgan fingerprint density at radius 2 is 1.61 bits per heavy atom. The molecule has 0 aromatic carbocycles. The Kier molecular flexibility index (Phi) is 3.73. The molecular formula is C13H16Cl2N2O. The first-order chi connectivity index (χ1) is 8.75. The van der Waals surface area contributed by atoms with Gasteiger partial charge in [-0.15, -0.1) is 0 Å². The van der Waals surface area contributed by atoms with Crippen molar-refractivity contribution in [2.45, 2.75) is 43.9 Å². The van der Waals surface area contributed by atoms with Crippen LogP contribution in [0.3, 0.4) is 0 Å². The zero-order valence-corrected chi connectivity index (χ0v) is 11.7. The number of ether oxygens (including phenoxy) is 1. The van der Waals surface area contributed by atoms with Crippen LogP contribution in [-0.2, 0) is 4.74 Å². The van der Waals surface area contributed by atoms with E-state index in [1.54, 1.807) is 0 Å². The lowest BCUT2D eigenvalue weighted by atomic mass is 10.0. The van der Waals surface area contributed by atoms with Gasteiger partial charge in [0.15, 0.2) is 0 Å². The lowest BCUT2D eigenvalue weighted by molar-refractivity contribution is 0.193. The highest BCUT2D eigenvalue weighted by Crippen LogP contribution is 2.40. The summed E-state index contributed by atoms with van der Waals surface area (Å²) in [6.07, 6.45) is 5.74. The average molecular weight is 287 g/mol. The standard InChI is InChI=1S/C13H16Cl2N2O/c14-11-10(8-3-1-2-4-8)12(15)17-13(16-11)9-5-6-18-7-9/h8-9H,1-7H2. The van der Waals surface area contributed by atoms with Crippen LogP contribution in [0.5, 0.6) is 0 Å². The molecule has 0 radical (unpaired) electrons. The van der Waals surface area contributed by atoms with E-state index in [-0.39, 0.29) is 5.92 Å². The fraction of sp³-hybridized carbons (Fsp3) is 0.692. The lowest BCUT2D eigenvalue weighted by Crippen LogP contribution is -2.08. The van der Waals surface area contributed by atoms with E-state index in [1.807, 2.05) is 0 Å². The van der Waals surface area contributed by atoms with E-state index >= 15 is 0 Å². The summed E-state index contributed by atoms with van der Waals surface area (Å²) in [5, 5.41) is 1.09. The Morgan fingerprint density at radius 3 is 2.17 bits per heavy atom. The Bertz CT molecular complexity index is 418. The first-order valence-electron chi connectivity index (χ1n) is 6.56. The molecule has 1 saturated heterocycles. The van der Waals surface area contributed by atoms with Gasteiger partial charge < -0.3 is 4.74 Å². The molecule has 18 heavy (non-hydrogen) atoms. The highest BCUT2D eigenvalue weighted by Gasteiger charge is 2.27. The summed E-state index contributed by atoms with van der Waals surface area (Å²) in [6, 6.07) is 0. The molecule has 1 atom stereocenters. The molecule has 3 nitrogen and oxygen atoms in total. The van der Waals surface area contributed by atoms with Crippen molar-refractivity contribution in [2.75, 3.05) is 13.2 Å². The summed E-state index contributed by atoms with van der Waals surface area (Å²) < 4.78 is 5.36. The third-order valence-electron chi connectivity index (χ3n) is 3.93. The van der Waals surface area contributed by atoms with E-state index in [1.165, 1.54) is 12.8 Å². The minimum Gasteiger partial charge on any atom is -0.381 e. The first-order valence-corrected chi connectivity index (χ1v) is 7.32. The fourth-order valence-corrected chi connectivity index (χ4v) is 3.61. The normalized spacial score (nSPS) is 24.9. The van der Waals surface area contributed by atoms with Crippen LogP contribution < -0.4 is 0 Å². The van der Waals surface area contributed by atoms with Gasteiger partial charge in [0, 0.05) is 18.1 Å². The van der Waals surface area contributed by atoms with Crippen LogP contribution in [0.15, 0.2) is 0 Å². The number of nitrogens with zero attached hydrogens (tertiary/aromatic N) is 2. The van der Waals surface area contributed by atoms with Gasteiger partial charge in [0.2, 0.25) is 0 Å². The van der Waals surface area contributed by atoms with Crippen LogP contribution in [0, 0.1) is 0 Å². The zero-order chi connectivity index (χ0) is 12.5. The molecule has 3 rings (SSSR count). The Labute approximate surface area is 117 Å². The molecule has 1 unspecified atom stereocenters. The fourth-order valence-electron chi connectivity index (χ4n) is 2.90. The second-order valence-electron chi connectivity index (χ2n) is 5.12. The average Bonchev–Trinajstić information content (AvgIpc) is 3.01. The van der Waals surface area contributed by atoms with Gasteiger partial charge >= 0.3 is 0 Å². The topological polar surface area (TPSA) is 35.0 Å². The van der Waals surface area contributed by atoms with Crippen LogP contribution in [0.2, 0.25) is 10.3 Å². The van der Waals surface area contributed by atoms with Gasteiger partial charge in [0.1, 0.15) is 16.1 Å². The Balaban J connectivity index is 1.92. The summed E-state index contributed by atoms with van der Waals surface area (Å²) in [7, 11) is 0. The van der Waals surface area contributed by atoms with Crippen molar-refractivity contribution in [1.29, 1.82) is 0 Å². The summed E-state index contributed by atoms with van der Waals surface area (Å²) in [5.74, 6) is 1.43. The molecule has 0 N–H and O–H groups in total. The van der Waals surface area contributed by atoms with Gasteiger partial charge in [-0.2, -0.15) is 0 Å². The molecule has 2 fully saturated rings. The molecule has 1 aliphatic heterocycles. The van der Waals surface area contributed by atoms with Gasteiger partial charge in [-0.1, -0.05) is 36.0 Å². The smallest absolute Gasteiger partial charge is 0.137 e. The van der Waals surface area contributed by atoms with Crippen LogP contribution >= 0.6 is 23.2 Å². The number of hydrogen-bond donors (Lipinski definition) is 0. The van der Waals surface area contributed by atoms with E-state index in [0.717, 1.165) is 37.3 Å². The molecule has 0 spiro atoms. The maximum Gasteiger partial charge on any atom is 0.137 e. The molecular weight excluding hydrogens is 271 g/mol. The molecule has 1 aromatic rings. The molecule has 2 aliphatic rings. The van der Waals surface area contributed by atoms with Crippen molar-refractivity contribution in [3.63, 3.8) is 0 Å². The van der Waals surface area contributed by atoms with E-state index < -0.39 is 0 Å². The van der Waals surface area contributed by atoms with E-state index in [0.29, 0.717) is 22.8 Å². The number of hydrogen-bond acceptors (Lipinski definition) is 3. The summed E-state index contributed by atoms with van der Waals surface area (Å²) in [4.78, 5) is 8.90. The molecule has 0 bridgehead atoms. The molecule has 5 heteroatoms. The van der Waals surface area contributed by atoms with E-state index in [9.17, 15) is 0 Å².